The van der Waals surface area contributed by atoms with Gasteiger partial charge in [-0.2, -0.15) is 0 Å². The average Bonchev–Trinajstić information content (AvgIpc) is 2.56. The molecule has 0 radical (unpaired) electrons. The second-order valence-electron chi connectivity index (χ2n) is 4.22. The van der Waals surface area contributed by atoms with Crippen molar-refractivity contribution in [2.45, 2.75) is 0 Å². The lowest BCUT2D eigenvalue weighted by Gasteiger charge is -2.13. The topological polar surface area (TPSA) is 60.3 Å². The first-order valence-corrected chi connectivity index (χ1v) is 6.33. The summed E-state index contributed by atoms with van der Waals surface area (Å²) in [4.78, 5) is 0. The van der Waals surface area contributed by atoms with Crippen molar-refractivity contribution in [3.05, 3.63) is 53.6 Å². The van der Waals surface area contributed by atoms with Crippen LogP contribution in [0.4, 0.5) is 0 Å². The average molecular weight is 287 g/mol. The molecule has 0 bridgehead atoms. The quantitative estimate of drug-likeness (QED) is 0.522. The summed E-state index contributed by atoms with van der Waals surface area (Å²) < 4.78 is 15.8. The van der Waals surface area contributed by atoms with E-state index in [2.05, 4.69) is 5.16 Å². The Kier molecular flexibility index (Phi) is 4.66. The van der Waals surface area contributed by atoms with Crippen LogP contribution in [0.5, 0.6) is 17.2 Å². The lowest BCUT2D eigenvalue weighted by molar-refractivity contribution is 0.319. The van der Waals surface area contributed by atoms with E-state index in [1.165, 1.54) is 0 Å². The Morgan fingerprint density at radius 2 is 1.52 bits per heavy atom. The molecule has 0 aliphatic heterocycles. The van der Waals surface area contributed by atoms with Crippen molar-refractivity contribution in [3.8, 4) is 17.2 Å². The molecule has 0 saturated heterocycles. The van der Waals surface area contributed by atoms with Gasteiger partial charge in [-0.3, -0.25) is 0 Å². The Hall–Kier alpha value is -2.69. The number of ether oxygens (including phenoxy) is 3. The summed E-state index contributed by atoms with van der Waals surface area (Å²) in [5.74, 6) is 1.82. The molecule has 0 spiro atoms. The summed E-state index contributed by atoms with van der Waals surface area (Å²) in [7, 11) is 4.70. The fraction of sp³-hybridized carbons (Fsp3) is 0.188. The smallest absolute Gasteiger partial charge is 0.132 e. The van der Waals surface area contributed by atoms with Crippen molar-refractivity contribution < 1.29 is 19.4 Å². The Balaban J connectivity index is 2.57. The number of para-hydroxylation sites is 1. The van der Waals surface area contributed by atoms with E-state index in [9.17, 15) is 5.21 Å². The predicted octanol–water partition coefficient (Wildman–Crippen LogP) is 2.94. The fourth-order valence-corrected chi connectivity index (χ4v) is 2.09. The molecule has 0 amide bonds. The fourth-order valence-electron chi connectivity index (χ4n) is 2.09. The molecule has 0 atom stereocenters. The van der Waals surface area contributed by atoms with Gasteiger partial charge >= 0.3 is 0 Å². The molecule has 1 N–H and O–H groups in total. The van der Waals surface area contributed by atoms with E-state index in [-0.39, 0.29) is 0 Å². The van der Waals surface area contributed by atoms with Crippen LogP contribution in [-0.2, 0) is 0 Å². The van der Waals surface area contributed by atoms with Crippen LogP contribution in [0.15, 0.2) is 47.6 Å². The van der Waals surface area contributed by atoms with Gasteiger partial charge in [0.2, 0.25) is 0 Å². The SMILES string of the molecule is COc1ccc(C(=NO)c2ccccc2OC)c(OC)c1. The van der Waals surface area contributed by atoms with E-state index < -0.39 is 0 Å². The van der Waals surface area contributed by atoms with Gasteiger partial charge in [-0.15, -0.1) is 0 Å². The van der Waals surface area contributed by atoms with Gasteiger partial charge in [0.1, 0.15) is 23.0 Å². The van der Waals surface area contributed by atoms with Gasteiger partial charge in [0.15, 0.2) is 0 Å². The van der Waals surface area contributed by atoms with Crippen LogP contribution in [0, 0.1) is 0 Å². The first-order chi connectivity index (χ1) is 10.2. The zero-order valence-electron chi connectivity index (χ0n) is 12.2. The third-order valence-electron chi connectivity index (χ3n) is 3.13. The van der Waals surface area contributed by atoms with Crippen LogP contribution in [0.3, 0.4) is 0 Å². The minimum absolute atomic E-state index is 0.368. The van der Waals surface area contributed by atoms with Gasteiger partial charge in [-0.05, 0) is 24.3 Å². The number of oxime groups is 1. The monoisotopic (exact) mass is 287 g/mol. The zero-order chi connectivity index (χ0) is 15.2. The number of hydrogen-bond acceptors (Lipinski definition) is 5. The van der Waals surface area contributed by atoms with E-state index in [4.69, 9.17) is 14.2 Å². The number of benzene rings is 2. The Labute approximate surface area is 123 Å². The normalized spacial score (nSPS) is 11.1. The van der Waals surface area contributed by atoms with Crippen LogP contribution < -0.4 is 14.2 Å². The first-order valence-electron chi connectivity index (χ1n) is 6.33. The van der Waals surface area contributed by atoms with Crippen LogP contribution in [0.2, 0.25) is 0 Å². The minimum atomic E-state index is 0.368. The third kappa shape index (κ3) is 2.91. The Morgan fingerprint density at radius 1 is 0.857 bits per heavy atom. The van der Waals surface area contributed by atoms with Gasteiger partial charge in [-0.1, -0.05) is 17.3 Å². The molecular weight excluding hydrogens is 270 g/mol. The summed E-state index contributed by atoms with van der Waals surface area (Å²) >= 11 is 0. The Morgan fingerprint density at radius 3 is 2.14 bits per heavy atom. The van der Waals surface area contributed by atoms with Crippen LogP contribution in [0.1, 0.15) is 11.1 Å². The van der Waals surface area contributed by atoms with Gasteiger partial charge in [0.25, 0.3) is 0 Å². The molecule has 0 aromatic heterocycles. The Bertz CT molecular complexity index is 652. The standard InChI is InChI=1S/C16H17NO4/c1-19-11-8-9-13(15(10-11)21-3)16(17-18)12-6-4-5-7-14(12)20-2/h4-10,18H,1-3H3. The van der Waals surface area contributed by atoms with E-state index in [0.717, 1.165) is 0 Å². The maximum absolute atomic E-state index is 9.44. The predicted molar refractivity (Wildman–Crippen MR) is 80.0 cm³/mol. The highest BCUT2D eigenvalue weighted by molar-refractivity contribution is 6.15. The first kappa shape index (κ1) is 14.7. The second kappa shape index (κ2) is 6.65. The van der Waals surface area contributed by atoms with E-state index >= 15 is 0 Å². The van der Waals surface area contributed by atoms with Gasteiger partial charge in [0, 0.05) is 17.2 Å². The maximum atomic E-state index is 9.44. The molecule has 110 valence electrons. The molecule has 0 heterocycles. The maximum Gasteiger partial charge on any atom is 0.132 e. The molecule has 21 heavy (non-hydrogen) atoms. The van der Waals surface area contributed by atoms with Gasteiger partial charge in [-0.25, -0.2) is 0 Å². The minimum Gasteiger partial charge on any atom is -0.497 e. The van der Waals surface area contributed by atoms with Gasteiger partial charge < -0.3 is 19.4 Å². The van der Waals surface area contributed by atoms with Crippen molar-refractivity contribution in [1.29, 1.82) is 0 Å². The molecule has 2 aromatic rings. The summed E-state index contributed by atoms with van der Waals surface area (Å²) in [6, 6.07) is 12.6. The summed E-state index contributed by atoms with van der Waals surface area (Å²) in [6.45, 7) is 0. The molecule has 0 unspecified atom stereocenters. The largest absolute Gasteiger partial charge is 0.497 e. The van der Waals surface area contributed by atoms with Crippen molar-refractivity contribution in [3.63, 3.8) is 0 Å². The van der Waals surface area contributed by atoms with Crippen LogP contribution >= 0.6 is 0 Å². The number of methoxy groups -OCH3 is 3. The second-order valence-corrected chi connectivity index (χ2v) is 4.22. The van der Waals surface area contributed by atoms with Crippen molar-refractivity contribution in [2.24, 2.45) is 5.16 Å². The van der Waals surface area contributed by atoms with Crippen molar-refractivity contribution >= 4 is 5.71 Å². The molecule has 5 nitrogen and oxygen atoms in total. The summed E-state index contributed by atoms with van der Waals surface area (Å²) in [5, 5.41) is 12.9. The summed E-state index contributed by atoms with van der Waals surface area (Å²) in [5.41, 5.74) is 1.68. The highest BCUT2D eigenvalue weighted by atomic mass is 16.5. The van der Waals surface area contributed by atoms with Gasteiger partial charge in [0.05, 0.1) is 21.3 Å². The molecule has 0 aliphatic carbocycles. The highest BCUT2D eigenvalue weighted by Gasteiger charge is 2.17. The number of nitrogens with zero attached hydrogens (tertiary/aromatic N) is 1. The van der Waals surface area contributed by atoms with Crippen LogP contribution in [-0.4, -0.2) is 32.2 Å². The van der Waals surface area contributed by atoms with Crippen LogP contribution in [0.25, 0.3) is 0 Å². The molecule has 2 aromatic carbocycles. The molecule has 5 heteroatoms. The highest BCUT2D eigenvalue weighted by Crippen LogP contribution is 2.29. The van der Waals surface area contributed by atoms with Crippen molar-refractivity contribution in [2.75, 3.05) is 21.3 Å². The lowest BCUT2D eigenvalue weighted by Crippen LogP contribution is -2.07. The summed E-state index contributed by atoms with van der Waals surface area (Å²) in [6.07, 6.45) is 0. The lowest BCUT2D eigenvalue weighted by atomic mass is 10.0. The zero-order valence-corrected chi connectivity index (χ0v) is 12.2. The molecular formula is C16H17NO4. The van der Waals surface area contributed by atoms with Crippen molar-refractivity contribution in [1.82, 2.24) is 0 Å². The van der Waals surface area contributed by atoms with E-state index in [0.29, 0.717) is 34.1 Å². The number of hydrogen-bond donors (Lipinski definition) is 1. The molecule has 0 aliphatic rings. The van der Waals surface area contributed by atoms with E-state index in [1.54, 1.807) is 45.6 Å². The third-order valence-corrected chi connectivity index (χ3v) is 3.13. The molecule has 0 fully saturated rings. The molecule has 2 rings (SSSR count). The number of rotatable bonds is 5. The molecule has 0 saturated carbocycles. The van der Waals surface area contributed by atoms with E-state index in [1.807, 2.05) is 18.2 Å².